The van der Waals surface area contributed by atoms with Gasteiger partial charge in [0.1, 0.15) is 23.9 Å². The molecule has 0 aliphatic carbocycles. The van der Waals surface area contributed by atoms with Crippen molar-refractivity contribution >= 4 is 35.3 Å². The van der Waals surface area contributed by atoms with Crippen molar-refractivity contribution in [1.82, 2.24) is 24.1 Å². The molecule has 206 valence electrons. The second-order valence-electron chi connectivity index (χ2n) is 10.5. The van der Waals surface area contributed by atoms with E-state index in [9.17, 15) is 4.79 Å². The molecule has 0 N–H and O–H groups in total. The Hall–Kier alpha value is -1.91. The topological polar surface area (TPSA) is 65.0 Å². The number of hydrogen-bond acceptors (Lipinski definition) is 8. The quantitative estimate of drug-likeness (QED) is 0.486. The van der Waals surface area contributed by atoms with Gasteiger partial charge in [-0.2, -0.15) is 0 Å². The highest BCUT2D eigenvalue weighted by atomic mass is 35.5. The van der Waals surface area contributed by atoms with Gasteiger partial charge < -0.3 is 19.4 Å². The van der Waals surface area contributed by atoms with Gasteiger partial charge in [-0.1, -0.05) is 35.7 Å². The van der Waals surface area contributed by atoms with Crippen LogP contribution >= 0.6 is 23.5 Å². The molecule has 3 saturated heterocycles. The minimum absolute atomic E-state index is 0.0208. The first-order valence-corrected chi connectivity index (χ1v) is 15.2. The fraction of sp³-hybridized carbons (Fsp3) is 0.607. The van der Waals surface area contributed by atoms with E-state index in [1.54, 1.807) is 0 Å². The van der Waals surface area contributed by atoms with Crippen molar-refractivity contribution in [3.8, 4) is 0 Å². The lowest BCUT2D eigenvalue weighted by Crippen LogP contribution is -2.51. The van der Waals surface area contributed by atoms with E-state index in [2.05, 4.69) is 37.4 Å². The van der Waals surface area contributed by atoms with E-state index in [-0.39, 0.29) is 12.0 Å². The maximum absolute atomic E-state index is 13.6. The molecule has 0 saturated carbocycles. The first kappa shape index (κ1) is 27.6. The molecule has 10 heteroatoms. The second-order valence-corrected chi connectivity index (χ2v) is 11.9. The summed E-state index contributed by atoms with van der Waals surface area (Å²) in [6.07, 6.45) is 8.11. The van der Waals surface area contributed by atoms with Crippen LogP contribution in [-0.2, 0) is 4.74 Å². The average molecular weight is 559 g/mol. The number of carbonyl (C=O) groups is 1. The summed E-state index contributed by atoms with van der Waals surface area (Å²) in [7, 11) is 2.20. The lowest BCUT2D eigenvalue weighted by atomic mass is 9.97. The van der Waals surface area contributed by atoms with Gasteiger partial charge in [0.15, 0.2) is 0 Å². The summed E-state index contributed by atoms with van der Waals surface area (Å²) in [4.78, 5) is 29.4. The average Bonchev–Trinajstić information content (AvgIpc) is 2.97. The molecule has 1 aromatic heterocycles. The lowest BCUT2D eigenvalue weighted by Gasteiger charge is -2.43. The summed E-state index contributed by atoms with van der Waals surface area (Å²) in [5.74, 6) is 0.839. The van der Waals surface area contributed by atoms with Crippen molar-refractivity contribution < 1.29 is 9.53 Å². The van der Waals surface area contributed by atoms with Crippen molar-refractivity contribution in [2.45, 2.75) is 50.8 Å². The summed E-state index contributed by atoms with van der Waals surface area (Å²) >= 11 is 7.89. The highest BCUT2D eigenvalue weighted by Gasteiger charge is 2.32. The minimum atomic E-state index is -0.0697. The van der Waals surface area contributed by atoms with Crippen molar-refractivity contribution in [2.24, 2.45) is 0 Å². The number of amides is 1. The third kappa shape index (κ3) is 6.12. The van der Waals surface area contributed by atoms with Crippen LogP contribution in [0.4, 0.5) is 5.82 Å². The first-order chi connectivity index (χ1) is 18.4. The van der Waals surface area contributed by atoms with Gasteiger partial charge in [-0.25, -0.2) is 9.97 Å². The van der Waals surface area contributed by atoms with E-state index < -0.39 is 0 Å². The van der Waals surface area contributed by atoms with Gasteiger partial charge in [0.2, 0.25) is 0 Å². The summed E-state index contributed by atoms with van der Waals surface area (Å²) in [6, 6.07) is 9.04. The molecule has 1 aromatic carbocycles. The van der Waals surface area contributed by atoms with Gasteiger partial charge in [0, 0.05) is 48.8 Å². The fourth-order valence-corrected chi connectivity index (χ4v) is 6.68. The Kier molecular flexibility index (Phi) is 9.10. The summed E-state index contributed by atoms with van der Waals surface area (Å²) < 4.78 is 8.44. The van der Waals surface area contributed by atoms with Crippen LogP contribution in [0.2, 0.25) is 5.02 Å². The van der Waals surface area contributed by atoms with Crippen molar-refractivity contribution in [2.75, 3.05) is 64.1 Å². The van der Waals surface area contributed by atoms with Crippen LogP contribution < -0.4 is 4.90 Å². The third-order valence-electron chi connectivity index (χ3n) is 8.44. The first-order valence-electron chi connectivity index (χ1n) is 13.7. The zero-order valence-electron chi connectivity index (χ0n) is 22.7. The normalized spacial score (nSPS) is 22.3. The molecule has 0 spiro atoms. The molecule has 1 unspecified atom stereocenters. The van der Waals surface area contributed by atoms with E-state index in [0.29, 0.717) is 36.0 Å². The molecular weight excluding hydrogens is 520 g/mol. The molecule has 38 heavy (non-hydrogen) atoms. The number of nitrogens with zero attached hydrogens (tertiary/aromatic N) is 6. The number of aromatic nitrogens is 2. The number of hydrogen-bond donors (Lipinski definition) is 0. The zero-order valence-corrected chi connectivity index (χ0v) is 24.3. The van der Waals surface area contributed by atoms with Crippen LogP contribution in [-0.4, -0.2) is 101 Å². The zero-order chi connectivity index (χ0) is 26.6. The Morgan fingerprint density at radius 2 is 1.76 bits per heavy atom. The number of halogens is 1. The van der Waals surface area contributed by atoms with Crippen molar-refractivity contribution in [3.63, 3.8) is 0 Å². The van der Waals surface area contributed by atoms with E-state index in [1.165, 1.54) is 19.2 Å². The van der Waals surface area contributed by atoms with Crippen LogP contribution in [0.15, 0.2) is 30.6 Å². The number of rotatable bonds is 6. The highest BCUT2D eigenvalue weighted by molar-refractivity contribution is 7.96. The van der Waals surface area contributed by atoms with Gasteiger partial charge in [0.25, 0.3) is 5.91 Å². The number of anilines is 1. The second kappa shape index (κ2) is 12.5. The van der Waals surface area contributed by atoms with Gasteiger partial charge in [-0.15, -0.1) is 0 Å². The third-order valence-corrected chi connectivity index (χ3v) is 9.56. The van der Waals surface area contributed by atoms with Crippen molar-refractivity contribution in [3.05, 3.63) is 52.4 Å². The molecular formula is C28H39ClN6O2S. The maximum atomic E-state index is 13.6. The summed E-state index contributed by atoms with van der Waals surface area (Å²) in [5, 5.41) is 0.712. The molecule has 4 heterocycles. The number of carbonyl (C=O) groups excluding carboxylic acids is 1. The van der Waals surface area contributed by atoms with Crippen LogP contribution in [0.1, 0.15) is 53.4 Å². The summed E-state index contributed by atoms with van der Waals surface area (Å²) in [5.41, 5.74) is 2.45. The summed E-state index contributed by atoms with van der Waals surface area (Å²) in [6.45, 7) is 7.83. The predicted molar refractivity (Wildman–Crippen MR) is 154 cm³/mol. The predicted octanol–water partition coefficient (Wildman–Crippen LogP) is 4.30. The molecule has 3 fully saturated rings. The standard InChI is InChI=1S/C28H39ClN6O2S/c1-20-26(28(36)34-14-10-24(11-15-34)33-12-8-23(9-13-33)32(2)38-3)30-19-31-27(20)35-16-17-37-25(18-35)21-4-6-22(29)7-5-21/h4-7,19,23-25H,8-18H2,1-3H3. The lowest BCUT2D eigenvalue weighted by molar-refractivity contribution is 0.0394. The number of benzene rings is 1. The molecule has 5 rings (SSSR count). The molecule has 1 amide bonds. The smallest absolute Gasteiger partial charge is 0.272 e. The monoisotopic (exact) mass is 558 g/mol. The SMILES string of the molecule is CSN(C)C1CCN(C2CCN(C(=O)c3ncnc(N4CCOC(c5ccc(Cl)cc5)C4)c3C)CC2)CC1. The number of likely N-dealkylation sites (tertiary alicyclic amines) is 2. The van der Waals surface area contributed by atoms with Gasteiger partial charge in [0.05, 0.1) is 6.61 Å². The van der Waals surface area contributed by atoms with Crippen molar-refractivity contribution in [1.29, 1.82) is 0 Å². The molecule has 8 nitrogen and oxygen atoms in total. The number of piperidine rings is 2. The Balaban J connectivity index is 1.19. The Morgan fingerprint density at radius 1 is 1.05 bits per heavy atom. The Labute approximate surface area is 235 Å². The minimum Gasteiger partial charge on any atom is -0.370 e. The fourth-order valence-electron chi connectivity index (χ4n) is 6.04. The van der Waals surface area contributed by atoms with Gasteiger partial charge in [-0.3, -0.25) is 9.10 Å². The molecule has 0 bridgehead atoms. The number of ether oxygens (including phenoxy) is 1. The van der Waals surface area contributed by atoms with Crippen LogP contribution in [0.25, 0.3) is 0 Å². The molecule has 0 radical (unpaired) electrons. The molecule has 3 aliphatic rings. The van der Waals surface area contributed by atoms with E-state index in [1.807, 2.05) is 48.0 Å². The number of morpholine rings is 1. The molecule has 1 atom stereocenters. The highest BCUT2D eigenvalue weighted by Crippen LogP contribution is 2.30. The Bertz CT molecular complexity index is 1090. The largest absolute Gasteiger partial charge is 0.370 e. The van der Waals surface area contributed by atoms with E-state index in [4.69, 9.17) is 16.3 Å². The van der Waals surface area contributed by atoms with Crippen LogP contribution in [0.3, 0.4) is 0 Å². The van der Waals surface area contributed by atoms with Gasteiger partial charge in [-0.05, 0) is 76.7 Å². The molecule has 3 aliphatic heterocycles. The van der Waals surface area contributed by atoms with E-state index >= 15 is 0 Å². The maximum Gasteiger partial charge on any atom is 0.272 e. The van der Waals surface area contributed by atoms with Crippen LogP contribution in [0, 0.1) is 6.92 Å². The Morgan fingerprint density at radius 3 is 2.45 bits per heavy atom. The van der Waals surface area contributed by atoms with Gasteiger partial charge >= 0.3 is 0 Å². The van der Waals surface area contributed by atoms with Crippen LogP contribution in [0.5, 0.6) is 0 Å². The molecule has 2 aromatic rings. The van der Waals surface area contributed by atoms with E-state index in [0.717, 1.165) is 62.5 Å².